The zero-order valence-corrected chi connectivity index (χ0v) is 14.2. The first kappa shape index (κ1) is 17.1. The van der Waals surface area contributed by atoms with Crippen LogP contribution in [0.5, 0.6) is 0 Å². The number of hydrogen-bond donors (Lipinski definition) is 2. The maximum absolute atomic E-state index is 11.5. The van der Waals surface area contributed by atoms with E-state index in [4.69, 9.17) is 4.74 Å². The highest BCUT2D eigenvalue weighted by molar-refractivity contribution is 5.92. The molecule has 6 heteroatoms. The summed E-state index contributed by atoms with van der Waals surface area (Å²) < 4.78 is 5.48. The van der Waals surface area contributed by atoms with E-state index < -0.39 is 10.5 Å². The molecule has 0 unspecified atom stereocenters. The summed E-state index contributed by atoms with van der Waals surface area (Å²) in [6, 6.07) is 14.9. The summed E-state index contributed by atoms with van der Waals surface area (Å²) in [7, 11) is 0. The number of nitrogens with zero attached hydrogens (tertiary/aromatic N) is 1. The second kappa shape index (κ2) is 6.66. The molecule has 0 radical (unpaired) electrons. The van der Waals surface area contributed by atoms with Crippen LogP contribution in [0.4, 0.5) is 5.69 Å². The van der Waals surface area contributed by atoms with E-state index in [1.807, 2.05) is 42.5 Å². The zero-order valence-electron chi connectivity index (χ0n) is 14.2. The quantitative estimate of drug-likeness (QED) is 0.524. The van der Waals surface area contributed by atoms with Gasteiger partial charge in [-0.1, -0.05) is 30.3 Å². The van der Waals surface area contributed by atoms with E-state index in [1.54, 1.807) is 13.8 Å². The summed E-state index contributed by atoms with van der Waals surface area (Å²) in [4.78, 5) is 14.2. The van der Waals surface area contributed by atoms with Crippen molar-refractivity contribution >= 4 is 16.6 Å². The van der Waals surface area contributed by atoms with Crippen LogP contribution >= 0.6 is 0 Å². The Balaban J connectivity index is 1.97. The highest BCUT2D eigenvalue weighted by Gasteiger charge is 2.18. The third-order valence-corrected chi connectivity index (χ3v) is 3.77. The third-order valence-electron chi connectivity index (χ3n) is 3.77. The van der Waals surface area contributed by atoms with Crippen LogP contribution in [0.2, 0.25) is 0 Å². The fourth-order valence-electron chi connectivity index (χ4n) is 2.70. The maximum Gasteiger partial charge on any atom is 0.293 e. The Morgan fingerprint density at radius 3 is 2.56 bits per heavy atom. The number of benzene rings is 2. The molecule has 1 aromatic heterocycles. The predicted molar refractivity (Wildman–Crippen MR) is 96.3 cm³/mol. The summed E-state index contributed by atoms with van der Waals surface area (Å²) >= 11 is 0. The van der Waals surface area contributed by atoms with Crippen molar-refractivity contribution in [2.75, 3.05) is 6.61 Å². The van der Waals surface area contributed by atoms with Crippen molar-refractivity contribution in [3.8, 4) is 11.3 Å². The van der Waals surface area contributed by atoms with Gasteiger partial charge in [-0.15, -0.1) is 0 Å². The van der Waals surface area contributed by atoms with Gasteiger partial charge in [0.05, 0.1) is 23.7 Å². The lowest BCUT2D eigenvalue weighted by molar-refractivity contribution is -0.383. The van der Waals surface area contributed by atoms with E-state index in [2.05, 4.69) is 4.98 Å². The van der Waals surface area contributed by atoms with Crippen LogP contribution in [-0.2, 0) is 11.3 Å². The summed E-state index contributed by atoms with van der Waals surface area (Å²) in [6.07, 6.45) is 0. The van der Waals surface area contributed by atoms with Crippen molar-refractivity contribution in [1.29, 1.82) is 0 Å². The fraction of sp³-hybridized carbons (Fsp3) is 0.263. The molecular weight excluding hydrogens is 320 g/mol. The largest absolute Gasteiger partial charge is 0.388 e. The Kier molecular flexibility index (Phi) is 4.57. The average molecular weight is 340 g/mol. The van der Waals surface area contributed by atoms with Gasteiger partial charge in [0.25, 0.3) is 5.69 Å². The van der Waals surface area contributed by atoms with Crippen LogP contribution < -0.4 is 0 Å². The first-order valence-electron chi connectivity index (χ1n) is 7.99. The molecule has 3 aromatic rings. The van der Waals surface area contributed by atoms with E-state index in [0.717, 1.165) is 16.6 Å². The number of nitro groups is 1. The minimum absolute atomic E-state index is 0.0153. The Morgan fingerprint density at radius 1 is 1.20 bits per heavy atom. The highest BCUT2D eigenvalue weighted by Crippen LogP contribution is 2.31. The second-order valence-electron chi connectivity index (χ2n) is 6.69. The van der Waals surface area contributed by atoms with Gasteiger partial charge in [-0.25, -0.2) is 0 Å². The fourth-order valence-corrected chi connectivity index (χ4v) is 2.70. The average Bonchev–Trinajstić information content (AvgIpc) is 2.97. The summed E-state index contributed by atoms with van der Waals surface area (Å²) in [6.45, 7) is 3.65. The number of ether oxygens (including phenoxy) is 1. The molecule has 0 atom stereocenters. The molecule has 6 nitrogen and oxygen atoms in total. The molecule has 130 valence electrons. The number of aromatic nitrogens is 1. The molecule has 0 amide bonds. The molecule has 0 bridgehead atoms. The Hall–Kier alpha value is -2.70. The summed E-state index contributed by atoms with van der Waals surface area (Å²) in [5.74, 6) is 0. The van der Waals surface area contributed by atoms with Gasteiger partial charge in [0.15, 0.2) is 0 Å². The predicted octanol–water partition coefficient (Wildman–Crippen LogP) is 4.03. The molecule has 1 heterocycles. The van der Waals surface area contributed by atoms with Crippen molar-refractivity contribution < 1.29 is 14.8 Å². The van der Waals surface area contributed by atoms with Crippen molar-refractivity contribution in [3.05, 3.63) is 64.2 Å². The van der Waals surface area contributed by atoms with Crippen molar-refractivity contribution in [2.45, 2.75) is 26.1 Å². The van der Waals surface area contributed by atoms with Crippen LogP contribution in [-0.4, -0.2) is 27.2 Å². The van der Waals surface area contributed by atoms with Crippen LogP contribution in [0.25, 0.3) is 22.2 Å². The lowest BCUT2D eigenvalue weighted by Crippen LogP contribution is -2.25. The Labute approximate surface area is 145 Å². The highest BCUT2D eigenvalue weighted by atomic mass is 16.6. The van der Waals surface area contributed by atoms with Gasteiger partial charge >= 0.3 is 0 Å². The molecule has 0 aliphatic rings. The number of nitrogens with one attached hydrogen (secondary N) is 1. The third kappa shape index (κ3) is 4.04. The molecule has 0 saturated heterocycles. The van der Waals surface area contributed by atoms with Crippen LogP contribution in [0.3, 0.4) is 0 Å². The molecule has 0 aliphatic heterocycles. The molecule has 3 rings (SSSR count). The zero-order chi connectivity index (χ0) is 18.0. The van der Waals surface area contributed by atoms with Gasteiger partial charge in [-0.2, -0.15) is 0 Å². The number of H-pyrrole nitrogens is 1. The van der Waals surface area contributed by atoms with Crippen LogP contribution in [0, 0.1) is 10.1 Å². The molecule has 0 saturated carbocycles. The number of aliphatic hydroxyl groups is 1. The standard InChI is InChI=1S/C19H20N2O4/c1-19(2,22)12-25-11-13-8-15-10-16(14-6-4-3-5-7-14)20-18(15)17(9-13)21(23)24/h3-10,20,22H,11-12H2,1-2H3. The number of nitro benzene ring substituents is 1. The van der Waals surface area contributed by atoms with Gasteiger partial charge in [-0.3, -0.25) is 10.1 Å². The normalized spacial score (nSPS) is 11.8. The first-order valence-corrected chi connectivity index (χ1v) is 7.99. The van der Waals surface area contributed by atoms with Crippen LogP contribution in [0.15, 0.2) is 48.5 Å². The van der Waals surface area contributed by atoms with Gasteiger partial charge in [0.1, 0.15) is 5.52 Å². The maximum atomic E-state index is 11.5. The molecule has 2 N–H and O–H groups in total. The van der Waals surface area contributed by atoms with E-state index in [0.29, 0.717) is 11.1 Å². The van der Waals surface area contributed by atoms with Gasteiger partial charge in [0, 0.05) is 17.1 Å². The minimum Gasteiger partial charge on any atom is -0.388 e. The van der Waals surface area contributed by atoms with E-state index >= 15 is 0 Å². The first-order chi connectivity index (χ1) is 11.8. The molecular formula is C19H20N2O4. The topological polar surface area (TPSA) is 88.4 Å². The van der Waals surface area contributed by atoms with Gasteiger partial charge < -0.3 is 14.8 Å². The number of hydrogen-bond acceptors (Lipinski definition) is 4. The molecule has 2 aromatic carbocycles. The molecule has 25 heavy (non-hydrogen) atoms. The Morgan fingerprint density at radius 2 is 1.92 bits per heavy atom. The van der Waals surface area contributed by atoms with Crippen LogP contribution in [0.1, 0.15) is 19.4 Å². The molecule has 0 aliphatic carbocycles. The molecule has 0 fully saturated rings. The number of aromatic amines is 1. The van der Waals surface area contributed by atoms with E-state index in [9.17, 15) is 15.2 Å². The number of rotatable bonds is 6. The SMILES string of the molecule is CC(C)(O)COCc1cc([N+](=O)[O-])c2[nH]c(-c3ccccc3)cc2c1. The lowest BCUT2D eigenvalue weighted by atomic mass is 10.1. The van der Waals surface area contributed by atoms with Crippen molar-refractivity contribution in [3.63, 3.8) is 0 Å². The summed E-state index contributed by atoms with van der Waals surface area (Å²) in [5, 5.41) is 21.9. The number of fused-ring (bicyclic) bond motifs is 1. The molecule has 0 spiro atoms. The van der Waals surface area contributed by atoms with E-state index in [-0.39, 0.29) is 18.9 Å². The number of non-ortho nitro benzene ring substituents is 1. The minimum atomic E-state index is -0.940. The van der Waals surface area contributed by atoms with Gasteiger partial charge in [-0.05, 0) is 37.1 Å². The monoisotopic (exact) mass is 340 g/mol. The smallest absolute Gasteiger partial charge is 0.293 e. The summed E-state index contributed by atoms with van der Waals surface area (Å²) in [5.41, 5.74) is 2.06. The Bertz CT molecular complexity index is 895. The van der Waals surface area contributed by atoms with Crippen molar-refractivity contribution in [2.24, 2.45) is 0 Å². The van der Waals surface area contributed by atoms with Crippen molar-refractivity contribution in [1.82, 2.24) is 4.98 Å². The lowest BCUT2D eigenvalue weighted by Gasteiger charge is -2.16. The van der Waals surface area contributed by atoms with Gasteiger partial charge in [0.2, 0.25) is 0 Å². The second-order valence-corrected chi connectivity index (χ2v) is 6.69. The van der Waals surface area contributed by atoms with E-state index in [1.165, 1.54) is 6.07 Å².